The Bertz CT molecular complexity index is 472. The first-order valence-electron chi connectivity index (χ1n) is 5.79. The third kappa shape index (κ3) is 2.04. The van der Waals surface area contributed by atoms with Crippen LogP contribution in [-0.4, -0.2) is 35.2 Å². The summed E-state index contributed by atoms with van der Waals surface area (Å²) in [4.78, 5) is 16.5. The van der Waals surface area contributed by atoms with Crippen LogP contribution in [0.1, 0.15) is 29.9 Å². The first-order valence-corrected chi connectivity index (χ1v) is 6.61. The molecule has 6 nitrogen and oxygen atoms in total. The smallest absolute Gasteiger partial charge is 0.265 e. The summed E-state index contributed by atoms with van der Waals surface area (Å²) in [6.07, 6.45) is 0.213. The molecular formula is C11H18N4O2S. The average Bonchev–Trinajstić information content (AvgIpc) is 2.70. The molecule has 5 N–H and O–H groups in total. The van der Waals surface area contributed by atoms with E-state index in [1.807, 2.05) is 13.8 Å². The van der Waals surface area contributed by atoms with Crippen LogP contribution in [0.15, 0.2) is 0 Å². The van der Waals surface area contributed by atoms with Crippen molar-refractivity contribution in [2.75, 3.05) is 18.1 Å². The Kier molecular flexibility index (Phi) is 3.20. The highest BCUT2D eigenvalue weighted by Gasteiger charge is 2.48. The zero-order valence-corrected chi connectivity index (χ0v) is 11.5. The molecule has 1 aliphatic carbocycles. The SMILES string of the molecule is CNc1nc(N)c(C(=O)NC2CC(O)C2(C)C)s1. The van der Waals surface area contributed by atoms with Crippen LogP contribution < -0.4 is 16.4 Å². The third-order valence-corrected chi connectivity index (χ3v) is 4.68. The minimum atomic E-state index is -0.366. The van der Waals surface area contributed by atoms with Crippen molar-refractivity contribution in [2.45, 2.75) is 32.4 Å². The van der Waals surface area contributed by atoms with Crippen LogP contribution in [0.4, 0.5) is 10.9 Å². The van der Waals surface area contributed by atoms with Crippen molar-refractivity contribution < 1.29 is 9.90 Å². The first-order chi connectivity index (χ1) is 8.36. The first kappa shape index (κ1) is 13.1. The normalized spacial score (nSPS) is 25.3. The van der Waals surface area contributed by atoms with Gasteiger partial charge in [0.2, 0.25) is 0 Å². The van der Waals surface area contributed by atoms with E-state index in [4.69, 9.17) is 5.73 Å². The summed E-state index contributed by atoms with van der Waals surface area (Å²) in [5, 5.41) is 16.0. The van der Waals surface area contributed by atoms with Crippen LogP contribution in [0.2, 0.25) is 0 Å². The lowest BCUT2D eigenvalue weighted by Crippen LogP contribution is -2.61. The highest BCUT2D eigenvalue weighted by Crippen LogP contribution is 2.40. The molecule has 2 rings (SSSR count). The predicted octanol–water partition coefficient (Wildman–Crippen LogP) is 0.656. The van der Waals surface area contributed by atoms with E-state index in [0.29, 0.717) is 16.4 Å². The second-order valence-corrected chi connectivity index (χ2v) is 6.08. The number of hydrogen-bond acceptors (Lipinski definition) is 6. The van der Waals surface area contributed by atoms with Gasteiger partial charge in [-0.3, -0.25) is 4.79 Å². The maximum atomic E-state index is 12.1. The van der Waals surface area contributed by atoms with E-state index in [0.717, 1.165) is 0 Å². The molecule has 2 unspecified atom stereocenters. The number of aliphatic hydroxyl groups is 1. The molecule has 1 heterocycles. The summed E-state index contributed by atoms with van der Waals surface area (Å²) in [5.41, 5.74) is 5.41. The minimum Gasteiger partial charge on any atom is -0.392 e. The summed E-state index contributed by atoms with van der Waals surface area (Å²) >= 11 is 1.22. The number of carbonyl (C=O) groups excluding carboxylic acids is 1. The largest absolute Gasteiger partial charge is 0.392 e. The molecule has 0 saturated heterocycles. The number of nitrogens with two attached hydrogens (primary N) is 1. The van der Waals surface area contributed by atoms with E-state index in [2.05, 4.69) is 15.6 Å². The number of aliphatic hydroxyl groups excluding tert-OH is 1. The Hall–Kier alpha value is -1.34. The summed E-state index contributed by atoms with van der Waals surface area (Å²) in [6, 6.07) is -0.0282. The second kappa shape index (κ2) is 4.40. The summed E-state index contributed by atoms with van der Waals surface area (Å²) < 4.78 is 0. The summed E-state index contributed by atoms with van der Waals surface area (Å²) in [7, 11) is 1.73. The fourth-order valence-electron chi connectivity index (χ4n) is 1.97. The molecule has 1 aliphatic rings. The standard InChI is InChI=1S/C11H18N4O2S/c1-11(2)5(4-6(11)16)14-9(17)7-8(12)15-10(13-3)18-7/h5-6,16H,4,12H2,1-3H3,(H,13,15)(H,14,17). The molecule has 0 spiro atoms. The van der Waals surface area contributed by atoms with Crippen LogP contribution in [0, 0.1) is 5.41 Å². The molecule has 1 amide bonds. The van der Waals surface area contributed by atoms with E-state index in [1.54, 1.807) is 7.05 Å². The Morgan fingerprint density at radius 1 is 1.61 bits per heavy atom. The molecule has 1 fully saturated rings. The molecule has 100 valence electrons. The summed E-state index contributed by atoms with van der Waals surface area (Å²) in [5.74, 6) is 0.0102. The Morgan fingerprint density at radius 2 is 2.28 bits per heavy atom. The number of hydrogen-bond donors (Lipinski definition) is 4. The Labute approximate surface area is 110 Å². The fourth-order valence-corrected chi connectivity index (χ4v) is 2.71. The number of amides is 1. The number of nitrogens with one attached hydrogen (secondary N) is 2. The molecule has 0 aliphatic heterocycles. The van der Waals surface area contributed by atoms with Gasteiger partial charge in [-0.2, -0.15) is 0 Å². The maximum Gasteiger partial charge on any atom is 0.265 e. The van der Waals surface area contributed by atoms with Gasteiger partial charge >= 0.3 is 0 Å². The van der Waals surface area contributed by atoms with Crippen molar-refractivity contribution >= 4 is 28.2 Å². The Balaban J connectivity index is 2.06. The lowest BCUT2D eigenvalue weighted by Gasteiger charge is -2.49. The molecule has 1 aromatic rings. The van der Waals surface area contributed by atoms with Crippen LogP contribution in [-0.2, 0) is 0 Å². The van der Waals surface area contributed by atoms with Gasteiger partial charge in [-0.25, -0.2) is 4.98 Å². The van der Waals surface area contributed by atoms with Gasteiger partial charge in [-0.05, 0) is 6.42 Å². The van der Waals surface area contributed by atoms with Crippen LogP contribution >= 0.6 is 11.3 Å². The number of nitrogens with zero attached hydrogens (tertiary/aromatic N) is 1. The quantitative estimate of drug-likeness (QED) is 0.646. The predicted molar refractivity (Wildman–Crippen MR) is 71.7 cm³/mol. The molecule has 0 radical (unpaired) electrons. The highest BCUT2D eigenvalue weighted by atomic mass is 32.1. The molecule has 1 aromatic heterocycles. The van der Waals surface area contributed by atoms with Gasteiger partial charge in [0.25, 0.3) is 5.91 Å². The molecule has 7 heteroatoms. The zero-order chi connectivity index (χ0) is 13.5. The van der Waals surface area contributed by atoms with Crippen molar-refractivity contribution in [1.29, 1.82) is 0 Å². The topological polar surface area (TPSA) is 100 Å². The van der Waals surface area contributed by atoms with Crippen molar-refractivity contribution in [1.82, 2.24) is 10.3 Å². The van der Waals surface area contributed by atoms with Gasteiger partial charge < -0.3 is 21.5 Å². The lowest BCUT2D eigenvalue weighted by atomic mass is 9.64. The second-order valence-electron chi connectivity index (χ2n) is 5.08. The van der Waals surface area contributed by atoms with E-state index in [1.165, 1.54) is 11.3 Å². The number of nitrogen functional groups attached to an aromatic ring is 1. The average molecular weight is 270 g/mol. The number of aromatic nitrogens is 1. The number of carbonyl (C=O) groups is 1. The third-order valence-electron chi connectivity index (χ3n) is 3.59. The molecule has 2 atom stereocenters. The van der Waals surface area contributed by atoms with Crippen LogP contribution in [0.3, 0.4) is 0 Å². The maximum absolute atomic E-state index is 12.1. The van der Waals surface area contributed by atoms with Gasteiger partial charge in [0, 0.05) is 18.5 Å². The van der Waals surface area contributed by atoms with Crippen molar-refractivity contribution in [3.63, 3.8) is 0 Å². The van der Waals surface area contributed by atoms with Crippen molar-refractivity contribution in [3.05, 3.63) is 4.88 Å². The van der Waals surface area contributed by atoms with Crippen molar-refractivity contribution in [2.24, 2.45) is 5.41 Å². The molecular weight excluding hydrogens is 252 g/mol. The number of anilines is 2. The van der Waals surface area contributed by atoms with Gasteiger partial charge in [0.05, 0.1) is 6.10 Å². The van der Waals surface area contributed by atoms with Gasteiger partial charge in [0.15, 0.2) is 5.13 Å². The van der Waals surface area contributed by atoms with Gasteiger partial charge in [0.1, 0.15) is 10.7 Å². The monoisotopic (exact) mass is 270 g/mol. The fraction of sp³-hybridized carbons (Fsp3) is 0.636. The van der Waals surface area contributed by atoms with E-state index in [-0.39, 0.29) is 29.3 Å². The summed E-state index contributed by atoms with van der Waals surface area (Å²) in [6.45, 7) is 3.86. The van der Waals surface area contributed by atoms with E-state index < -0.39 is 0 Å². The van der Waals surface area contributed by atoms with Gasteiger partial charge in [-0.15, -0.1) is 0 Å². The van der Waals surface area contributed by atoms with Gasteiger partial charge in [-0.1, -0.05) is 25.2 Å². The molecule has 0 aromatic carbocycles. The number of thiazole rings is 1. The van der Waals surface area contributed by atoms with Crippen LogP contribution in [0.25, 0.3) is 0 Å². The number of rotatable bonds is 3. The van der Waals surface area contributed by atoms with Crippen molar-refractivity contribution in [3.8, 4) is 0 Å². The zero-order valence-electron chi connectivity index (χ0n) is 10.7. The minimum absolute atomic E-state index is 0.0282. The molecule has 18 heavy (non-hydrogen) atoms. The van der Waals surface area contributed by atoms with E-state index >= 15 is 0 Å². The lowest BCUT2D eigenvalue weighted by molar-refractivity contribution is -0.0689. The molecule has 0 bridgehead atoms. The molecule has 1 saturated carbocycles. The van der Waals surface area contributed by atoms with E-state index in [9.17, 15) is 9.90 Å². The highest BCUT2D eigenvalue weighted by molar-refractivity contribution is 7.18. The van der Waals surface area contributed by atoms with Crippen LogP contribution in [0.5, 0.6) is 0 Å². The Morgan fingerprint density at radius 3 is 2.72 bits per heavy atom.